The number of piperidine rings is 1. The van der Waals surface area contributed by atoms with Crippen molar-refractivity contribution < 1.29 is 9.53 Å². The van der Waals surface area contributed by atoms with Gasteiger partial charge in [0.25, 0.3) is 0 Å². The van der Waals surface area contributed by atoms with Crippen molar-refractivity contribution in [3.63, 3.8) is 0 Å². The fraction of sp³-hybridized carbons (Fsp3) is 0.435. The number of nitrogens with two attached hydrogens (primary N) is 1. The smallest absolute Gasteiger partial charge is 0.227 e. The van der Waals surface area contributed by atoms with Gasteiger partial charge in [0.1, 0.15) is 5.75 Å². The zero-order valence-corrected chi connectivity index (χ0v) is 16.3. The van der Waals surface area contributed by atoms with E-state index in [0.29, 0.717) is 5.92 Å². The van der Waals surface area contributed by atoms with E-state index in [2.05, 4.69) is 12.1 Å². The van der Waals surface area contributed by atoms with Crippen LogP contribution in [0.5, 0.6) is 5.75 Å². The first-order valence-electron chi connectivity index (χ1n) is 9.80. The molecule has 4 nitrogen and oxygen atoms in total. The number of benzene rings is 2. The van der Waals surface area contributed by atoms with Crippen LogP contribution in [0.4, 0.5) is 0 Å². The van der Waals surface area contributed by atoms with Crippen molar-refractivity contribution in [1.82, 2.24) is 4.90 Å². The molecule has 0 aromatic heterocycles. The summed E-state index contributed by atoms with van der Waals surface area (Å²) in [5.74, 6) is 1.49. The minimum Gasteiger partial charge on any atom is -0.497 e. The highest BCUT2D eigenvalue weighted by Gasteiger charge is 2.29. The molecule has 2 aromatic rings. The Bertz CT molecular complexity index is 722. The molecule has 144 valence electrons. The van der Waals surface area contributed by atoms with Crippen LogP contribution in [0.25, 0.3) is 0 Å². The maximum absolute atomic E-state index is 12.9. The third-order valence-electron chi connectivity index (χ3n) is 5.72. The summed E-state index contributed by atoms with van der Waals surface area (Å²) in [6.07, 6.45) is 3.15. The lowest BCUT2D eigenvalue weighted by Crippen LogP contribution is -2.44. The molecule has 1 amide bonds. The van der Waals surface area contributed by atoms with Crippen LogP contribution in [0.15, 0.2) is 54.6 Å². The molecular weight excluding hydrogens is 336 g/mol. The lowest BCUT2D eigenvalue weighted by molar-refractivity contribution is -0.137. The van der Waals surface area contributed by atoms with Crippen LogP contribution in [-0.2, 0) is 11.2 Å². The van der Waals surface area contributed by atoms with Gasteiger partial charge in [-0.05, 0) is 48.4 Å². The van der Waals surface area contributed by atoms with Crippen molar-refractivity contribution in [2.24, 2.45) is 17.6 Å². The lowest BCUT2D eigenvalue weighted by atomic mass is 9.88. The molecule has 2 N–H and O–H groups in total. The normalized spacial score (nSPS) is 17.4. The fourth-order valence-electron chi connectivity index (χ4n) is 3.86. The van der Waals surface area contributed by atoms with E-state index in [4.69, 9.17) is 10.5 Å². The Labute approximate surface area is 162 Å². The van der Waals surface area contributed by atoms with Gasteiger partial charge in [0.2, 0.25) is 5.91 Å². The SMILES string of the molecule is COc1ccc(CC2CCN(C(=O)C(C)C(N)c3ccccc3)CC2)cc1. The molecular formula is C23H30N2O2. The predicted molar refractivity (Wildman–Crippen MR) is 109 cm³/mol. The molecule has 3 rings (SSSR count). The van der Waals surface area contributed by atoms with Crippen LogP contribution in [-0.4, -0.2) is 31.0 Å². The van der Waals surface area contributed by atoms with Crippen LogP contribution < -0.4 is 10.5 Å². The first-order chi connectivity index (χ1) is 13.1. The summed E-state index contributed by atoms with van der Waals surface area (Å²) in [6, 6.07) is 17.9. The minimum absolute atomic E-state index is 0.175. The maximum atomic E-state index is 12.9. The maximum Gasteiger partial charge on any atom is 0.227 e. The van der Waals surface area contributed by atoms with Gasteiger partial charge in [0.05, 0.1) is 13.0 Å². The van der Waals surface area contributed by atoms with Gasteiger partial charge in [0, 0.05) is 19.1 Å². The molecule has 0 spiro atoms. The van der Waals surface area contributed by atoms with Gasteiger partial charge in [0.15, 0.2) is 0 Å². The van der Waals surface area contributed by atoms with Gasteiger partial charge in [-0.2, -0.15) is 0 Å². The van der Waals surface area contributed by atoms with Crippen molar-refractivity contribution in [3.05, 3.63) is 65.7 Å². The zero-order valence-electron chi connectivity index (χ0n) is 16.3. The van der Waals surface area contributed by atoms with E-state index in [1.54, 1.807) is 7.11 Å². The summed E-state index contributed by atoms with van der Waals surface area (Å²) in [6.45, 7) is 3.60. The zero-order chi connectivity index (χ0) is 19.2. The summed E-state index contributed by atoms with van der Waals surface area (Å²) in [5.41, 5.74) is 8.70. The van der Waals surface area contributed by atoms with Gasteiger partial charge >= 0.3 is 0 Å². The standard InChI is InChI=1S/C23H30N2O2/c1-17(22(24)20-6-4-3-5-7-20)23(26)25-14-12-19(13-15-25)16-18-8-10-21(27-2)11-9-18/h3-11,17,19,22H,12-16,24H2,1-2H3. The first kappa shape index (κ1) is 19.4. The molecule has 1 aliphatic heterocycles. The minimum atomic E-state index is -0.254. The molecule has 1 heterocycles. The van der Waals surface area contributed by atoms with E-state index >= 15 is 0 Å². The highest BCUT2D eigenvalue weighted by atomic mass is 16.5. The van der Waals surface area contributed by atoms with Crippen LogP contribution in [0, 0.1) is 11.8 Å². The van der Waals surface area contributed by atoms with Gasteiger partial charge < -0.3 is 15.4 Å². The number of carbonyl (C=O) groups is 1. The Kier molecular flexibility index (Phi) is 6.51. The summed E-state index contributed by atoms with van der Waals surface area (Å²) in [7, 11) is 1.69. The van der Waals surface area contributed by atoms with E-state index in [0.717, 1.165) is 43.7 Å². The second-order valence-electron chi connectivity index (χ2n) is 7.55. The Morgan fingerprint density at radius 2 is 1.74 bits per heavy atom. The molecule has 2 atom stereocenters. The number of methoxy groups -OCH3 is 1. The highest BCUT2D eigenvalue weighted by molar-refractivity contribution is 5.79. The van der Waals surface area contributed by atoms with Crippen LogP contribution in [0.2, 0.25) is 0 Å². The summed E-state index contributed by atoms with van der Waals surface area (Å²) in [4.78, 5) is 14.9. The van der Waals surface area contributed by atoms with Crippen molar-refractivity contribution in [3.8, 4) is 5.75 Å². The fourth-order valence-corrected chi connectivity index (χ4v) is 3.86. The number of hydrogen-bond acceptors (Lipinski definition) is 3. The number of hydrogen-bond donors (Lipinski definition) is 1. The highest BCUT2D eigenvalue weighted by Crippen LogP contribution is 2.26. The molecule has 0 radical (unpaired) electrons. The number of likely N-dealkylation sites (tertiary alicyclic amines) is 1. The average Bonchev–Trinajstić information content (AvgIpc) is 2.74. The number of ether oxygens (including phenoxy) is 1. The Morgan fingerprint density at radius 1 is 1.11 bits per heavy atom. The topological polar surface area (TPSA) is 55.6 Å². The van der Waals surface area contributed by atoms with Crippen molar-refractivity contribution in [2.75, 3.05) is 20.2 Å². The van der Waals surface area contributed by atoms with Crippen molar-refractivity contribution in [2.45, 2.75) is 32.2 Å². The number of nitrogens with zero attached hydrogens (tertiary/aromatic N) is 1. The van der Waals surface area contributed by atoms with Gasteiger partial charge in [-0.1, -0.05) is 49.4 Å². The van der Waals surface area contributed by atoms with E-state index < -0.39 is 0 Å². The van der Waals surface area contributed by atoms with Crippen molar-refractivity contribution >= 4 is 5.91 Å². The van der Waals surface area contributed by atoms with E-state index in [1.807, 2.05) is 54.3 Å². The molecule has 0 aliphatic carbocycles. The lowest BCUT2D eigenvalue weighted by Gasteiger charge is -2.35. The molecule has 1 fully saturated rings. The number of amides is 1. The molecule has 1 saturated heterocycles. The summed E-state index contributed by atoms with van der Waals surface area (Å²) >= 11 is 0. The van der Waals surface area contributed by atoms with E-state index in [-0.39, 0.29) is 17.9 Å². The third kappa shape index (κ3) is 4.89. The second kappa shape index (κ2) is 9.05. The Morgan fingerprint density at radius 3 is 2.33 bits per heavy atom. The molecule has 2 unspecified atom stereocenters. The molecule has 27 heavy (non-hydrogen) atoms. The van der Waals surface area contributed by atoms with Gasteiger partial charge in [-0.3, -0.25) is 4.79 Å². The van der Waals surface area contributed by atoms with E-state index in [9.17, 15) is 4.79 Å². The number of carbonyl (C=O) groups excluding carboxylic acids is 1. The van der Waals surface area contributed by atoms with Crippen LogP contribution in [0.1, 0.15) is 36.9 Å². The Hall–Kier alpha value is -2.33. The van der Waals surface area contributed by atoms with Gasteiger partial charge in [-0.25, -0.2) is 0 Å². The molecule has 0 bridgehead atoms. The second-order valence-corrected chi connectivity index (χ2v) is 7.55. The monoisotopic (exact) mass is 366 g/mol. The van der Waals surface area contributed by atoms with Gasteiger partial charge in [-0.15, -0.1) is 0 Å². The molecule has 2 aromatic carbocycles. The molecule has 4 heteroatoms. The van der Waals surface area contributed by atoms with Crippen molar-refractivity contribution in [1.29, 1.82) is 0 Å². The van der Waals surface area contributed by atoms with Crippen LogP contribution in [0.3, 0.4) is 0 Å². The predicted octanol–water partition coefficient (Wildman–Crippen LogP) is 3.81. The van der Waals surface area contributed by atoms with E-state index in [1.165, 1.54) is 5.56 Å². The summed E-state index contributed by atoms with van der Waals surface area (Å²) < 4.78 is 5.22. The Balaban J connectivity index is 1.51. The third-order valence-corrected chi connectivity index (χ3v) is 5.72. The summed E-state index contributed by atoms with van der Waals surface area (Å²) in [5, 5.41) is 0. The largest absolute Gasteiger partial charge is 0.497 e. The quantitative estimate of drug-likeness (QED) is 0.846. The van der Waals surface area contributed by atoms with Crippen LogP contribution >= 0.6 is 0 Å². The molecule has 1 aliphatic rings. The average molecular weight is 367 g/mol. The molecule has 0 saturated carbocycles. The first-order valence-corrected chi connectivity index (χ1v) is 9.80. The number of rotatable bonds is 6.